The molecule has 0 unspecified atom stereocenters. The van der Waals surface area contributed by atoms with E-state index in [-0.39, 0.29) is 12.5 Å². The SMILES string of the molecule is O=C(O)[C@@H]1COC2(CCCCC2)N1C(=O)c1ccc2ccccc2c1. The summed E-state index contributed by atoms with van der Waals surface area (Å²) in [5.74, 6) is -1.26. The molecule has 1 spiro atoms. The lowest BCUT2D eigenvalue weighted by atomic mass is 9.89. The van der Waals surface area contributed by atoms with Gasteiger partial charge in [0.1, 0.15) is 5.72 Å². The minimum absolute atomic E-state index is 0.0641. The zero-order valence-corrected chi connectivity index (χ0v) is 14.0. The summed E-state index contributed by atoms with van der Waals surface area (Å²) < 4.78 is 5.92. The average Bonchev–Trinajstić information content (AvgIpc) is 3.00. The van der Waals surface area contributed by atoms with Crippen molar-refractivity contribution in [3.05, 3.63) is 48.0 Å². The van der Waals surface area contributed by atoms with Crippen LogP contribution in [0.25, 0.3) is 10.8 Å². The Kier molecular flexibility index (Phi) is 3.96. The van der Waals surface area contributed by atoms with E-state index in [1.807, 2.05) is 36.4 Å². The number of carboxylic acid groups (broad SMARTS) is 1. The van der Waals surface area contributed by atoms with Crippen LogP contribution >= 0.6 is 0 Å². The van der Waals surface area contributed by atoms with Gasteiger partial charge < -0.3 is 9.84 Å². The molecule has 0 radical (unpaired) electrons. The van der Waals surface area contributed by atoms with Gasteiger partial charge in [0.05, 0.1) is 6.61 Å². The van der Waals surface area contributed by atoms with Gasteiger partial charge in [0.15, 0.2) is 6.04 Å². The Labute approximate surface area is 146 Å². The fourth-order valence-electron chi connectivity index (χ4n) is 4.12. The van der Waals surface area contributed by atoms with E-state index in [0.717, 1.165) is 30.0 Å². The third kappa shape index (κ3) is 2.68. The Bertz CT molecular complexity index is 825. The van der Waals surface area contributed by atoms with Crippen molar-refractivity contribution in [2.45, 2.75) is 43.9 Å². The quantitative estimate of drug-likeness (QED) is 0.910. The predicted molar refractivity (Wildman–Crippen MR) is 93.3 cm³/mol. The van der Waals surface area contributed by atoms with Crippen LogP contribution in [-0.2, 0) is 9.53 Å². The molecule has 1 N–H and O–H groups in total. The van der Waals surface area contributed by atoms with Crippen LogP contribution < -0.4 is 0 Å². The lowest BCUT2D eigenvalue weighted by Crippen LogP contribution is -2.54. The second kappa shape index (κ2) is 6.15. The second-order valence-corrected chi connectivity index (χ2v) is 6.91. The molecule has 2 aliphatic rings. The zero-order valence-electron chi connectivity index (χ0n) is 14.0. The molecule has 2 fully saturated rings. The smallest absolute Gasteiger partial charge is 0.328 e. The minimum Gasteiger partial charge on any atom is -0.480 e. The standard InChI is InChI=1S/C20H21NO4/c22-18(16-9-8-14-6-2-3-7-15(14)12-16)21-17(19(23)24)13-25-20(21)10-4-1-5-11-20/h2-3,6-9,12,17H,1,4-5,10-11,13H2,(H,23,24)/t17-/m0/s1. The summed E-state index contributed by atoms with van der Waals surface area (Å²) in [6, 6.07) is 12.4. The molecule has 1 saturated heterocycles. The molecule has 1 heterocycles. The molecule has 25 heavy (non-hydrogen) atoms. The molecule has 1 aliphatic heterocycles. The van der Waals surface area contributed by atoms with E-state index in [0.29, 0.717) is 18.4 Å². The highest BCUT2D eigenvalue weighted by Crippen LogP contribution is 2.41. The molecule has 5 heteroatoms. The minimum atomic E-state index is -1.00. The third-order valence-electron chi connectivity index (χ3n) is 5.40. The van der Waals surface area contributed by atoms with Crippen LogP contribution in [0.4, 0.5) is 0 Å². The van der Waals surface area contributed by atoms with E-state index in [9.17, 15) is 14.7 Å². The molecule has 4 rings (SSSR count). The number of nitrogens with zero attached hydrogens (tertiary/aromatic N) is 1. The number of fused-ring (bicyclic) bond motifs is 1. The Morgan fingerprint density at radius 2 is 1.76 bits per heavy atom. The van der Waals surface area contributed by atoms with E-state index in [1.165, 1.54) is 4.90 Å². The Balaban J connectivity index is 1.74. The molecule has 1 saturated carbocycles. The van der Waals surface area contributed by atoms with Gasteiger partial charge in [0.2, 0.25) is 0 Å². The number of rotatable bonds is 2. The average molecular weight is 339 g/mol. The van der Waals surface area contributed by atoms with Crippen LogP contribution in [0.15, 0.2) is 42.5 Å². The molecule has 130 valence electrons. The van der Waals surface area contributed by atoms with Crippen molar-refractivity contribution in [2.75, 3.05) is 6.61 Å². The van der Waals surface area contributed by atoms with Crippen LogP contribution in [0.3, 0.4) is 0 Å². The molecule has 0 aromatic heterocycles. The maximum absolute atomic E-state index is 13.3. The van der Waals surface area contributed by atoms with Crippen molar-refractivity contribution in [1.29, 1.82) is 0 Å². The Hall–Kier alpha value is -2.40. The van der Waals surface area contributed by atoms with Crippen LogP contribution in [0.1, 0.15) is 42.5 Å². The molecule has 1 aliphatic carbocycles. The van der Waals surface area contributed by atoms with E-state index < -0.39 is 17.7 Å². The molecule has 1 amide bonds. The normalized spacial score (nSPS) is 22.4. The molecule has 2 aromatic carbocycles. The molecule has 0 bridgehead atoms. The van der Waals surface area contributed by atoms with Crippen molar-refractivity contribution in [1.82, 2.24) is 4.90 Å². The molecule has 1 atom stereocenters. The maximum Gasteiger partial charge on any atom is 0.328 e. The monoisotopic (exact) mass is 339 g/mol. The number of aliphatic carboxylic acids is 1. The van der Waals surface area contributed by atoms with E-state index >= 15 is 0 Å². The summed E-state index contributed by atoms with van der Waals surface area (Å²) in [5, 5.41) is 11.6. The van der Waals surface area contributed by atoms with Gasteiger partial charge >= 0.3 is 5.97 Å². The fourth-order valence-corrected chi connectivity index (χ4v) is 4.12. The van der Waals surface area contributed by atoms with Crippen LogP contribution in [0.2, 0.25) is 0 Å². The largest absolute Gasteiger partial charge is 0.480 e. The van der Waals surface area contributed by atoms with Gasteiger partial charge in [-0.3, -0.25) is 9.69 Å². The number of ether oxygens (including phenoxy) is 1. The number of hydrogen-bond donors (Lipinski definition) is 1. The predicted octanol–water partition coefficient (Wildman–Crippen LogP) is 3.43. The summed E-state index contributed by atoms with van der Waals surface area (Å²) in [6.07, 6.45) is 4.41. The highest BCUT2D eigenvalue weighted by molar-refractivity contribution is 6.00. The summed E-state index contributed by atoms with van der Waals surface area (Å²) in [6.45, 7) is 0.0641. The van der Waals surface area contributed by atoms with Crippen molar-refractivity contribution < 1.29 is 19.4 Å². The number of carboxylic acids is 1. The molecular formula is C20H21NO4. The van der Waals surface area contributed by atoms with Gasteiger partial charge in [-0.15, -0.1) is 0 Å². The topological polar surface area (TPSA) is 66.8 Å². The molecule has 2 aromatic rings. The van der Waals surface area contributed by atoms with Gasteiger partial charge in [0, 0.05) is 5.56 Å². The number of carbonyl (C=O) groups is 2. The van der Waals surface area contributed by atoms with E-state index in [4.69, 9.17) is 4.74 Å². The van der Waals surface area contributed by atoms with Gasteiger partial charge in [-0.1, -0.05) is 36.8 Å². The number of benzene rings is 2. The first-order chi connectivity index (χ1) is 12.1. The molecule has 5 nitrogen and oxygen atoms in total. The summed E-state index contributed by atoms with van der Waals surface area (Å²) in [5.41, 5.74) is -0.246. The fraction of sp³-hybridized carbons (Fsp3) is 0.400. The Morgan fingerprint density at radius 3 is 2.48 bits per heavy atom. The van der Waals surface area contributed by atoms with Gasteiger partial charge in [0.25, 0.3) is 5.91 Å². The zero-order chi connectivity index (χ0) is 17.4. The first-order valence-electron chi connectivity index (χ1n) is 8.80. The van der Waals surface area contributed by atoms with Crippen LogP contribution in [0, 0.1) is 0 Å². The second-order valence-electron chi connectivity index (χ2n) is 6.91. The lowest BCUT2D eigenvalue weighted by molar-refractivity contribution is -0.143. The highest BCUT2D eigenvalue weighted by Gasteiger charge is 2.53. The van der Waals surface area contributed by atoms with Gasteiger partial charge in [-0.05, 0) is 48.6 Å². The van der Waals surface area contributed by atoms with Crippen LogP contribution in [-0.4, -0.2) is 40.3 Å². The van der Waals surface area contributed by atoms with E-state index in [1.54, 1.807) is 6.07 Å². The summed E-state index contributed by atoms with van der Waals surface area (Å²) in [4.78, 5) is 26.5. The van der Waals surface area contributed by atoms with Crippen molar-refractivity contribution >= 4 is 22.6 Å². The van der Waals surface area contributed by atoms with Gasteiger partial charge in [-0.25, -0.2) is 4.79 Å². The third-order valence-corrected chi connectivity index (χ3v) is 5.40. The van der Waals surface area contributed by atoms with Crippen LogP contribution in [0.5, 0.6) is 0 Å². The van der Waals surface area contributed by atoms with Crippen molar-refractivity contribution in [3.63, 3.8) is 0 Å². The van der Waals surface area contributed by atoms with E-state index in [2.05, 4.69) is 0 Å². The highest BCUT2D eigenvalue weighted by atomic mass is 16.5. The number of amides is 1. The maximum atomic E-state index is 13.3. The van der Waals surface area contributed by atoms with Gasteiger partial charge in [-0.2, -0.15) is 0 Å². The first-order valence-corrected chi connectivity index (χ1v) is 8.80. The Morgan fingerprint density at radius 1 is 1.04 bits per heavy atom. The number of hydrogen-bond acceptors (Lipinski definition) is 3. The summed E-state index contributed by atoms with van der Waals surface area (Å²) in [7, 11) is 0. The summed E-state index contributed by atoms with van der Waals surface area (Å²) >= 11 is 0. The van der Waals surface area contributed by atoms with Crippen molar-refractivity contribution in [3.8, 4) is 0 Å². The first kappa shape index (κ1) is 16.1. The lowest BCUT2D eigenvalue weighted by Gasteiger charge is -2.41. The number of carbonyl (C=O) groups excluding carboxylic acids is 1. The van der Waals surface area contributed by atoms with Crippen molar-refractivity contribution in [2.24, 2.45) is 0 Å². The molecular weight excluding hydrogens is 318 g/mol.